The number of rotatable bonds is 15. The van der Waals surface area contributed by atoms with Gasteiger partial charge in [0.2, 0.25) is 0 Å². The number of hydrogen-bond donors (Lipinski definition) is 9. The molecule has 17 heteroatoms. The Balaban J connectivity index is 0.000000335. The molecule has 9 N–H and O–H groups in total. The van der Waals surface area contributed by atoms with Crippen LogP contribution in [-0.2, 0) is 0 Å². The minimum atomic E-state index is -1.00. The van der Waals surface area contributed by atoms with Crippen LogP contribution < -0.4 is 9.47 Å². The molecule has 0 heterocycles. The topological polar surface area (TPSA) is 303 Å². The quantitative estimate of drug-likeness (QED) is 0.0462. The highest BCUT2D eigenvalue weighted by molar-refractivity contribution is 5.90. The molecule has 17 nitrogen and oxygen atoms in total. The number of carboxylic acid groups (broad SMARTS) is 6. The Morgan fingerprint density at radius 2 is 0.610 bits per heavy atom. The fraction of sp³-hybridized carbons (Fsp3) is 0.300. The second kappa shape index (κ2) is 29.9. The molecule has 0 aliphatic heterocycles. The summed E-state index contributed by atoms with van der Waals surface area (Å²) in [4.78, 5) is 64.4. The lowest BCUT2D eigenvalue weighted by Gasteiger charge is -2.22. The van der Waals surface area contributed by atoms with Crippen LogP contribution in [-0.4, -0.2) is 87.9 Å². The minimum absolute atomic E-state index is 0.0741. The molecular formula is C60H70O17. The van der Waals surface area contributed by atoms with Gasteiger partial charge in [-0.05, 0) is 187 Å². The van der Waals surface area contributed by atoms with E-state index in [1.165, 1.54) is 91.0 Å². The third kappa shape index (κ3) is 20.4. The maximum absolute atomic E-state index is 11.2. The van der Waals surface area contributed by atoms with Crippen molar-refractivity contribution in [3.63, 3.8) is 0 Å². The maximum atomic E-state index is 11.2. The molecule has 0 bridgehead atoms. The van der Waals surface area contributed by atoms with E-state index in [0.717, 1.165) is 16.9 Å². The molecule has 0 spiro atoms. The van der Waals surface area contributed by atoms with Crippen molar-refractivity contribution in [2.75, 3.05) is 0 Å². The van der Waals surface area contributed by atoms with Crippen LogP contribution in [0.5, 0.6) is 34.5 Å². The Kier molecular flexibility index (Phi) is 24.9. The number of carbonyl (C=O) groups is 6. The summed E-state index contributed by atoms with van der Waals surface area (Å²) in [5.41, 5.74) is 5.32. The zero-order chi connectivity index (χ0) is 58.6. The molecule has 0 saturated carbocycles. The van der Waals surface area contributed by atoms with Crippen molar-refractivity contribution in [2.24, 2.45) is 0 Å². The predicted octanol–water partition coefficient (Wildman–Crippen LogP) is 13.9. The van der Waals surface area contributed by atoms with Crippen molar-refractivity contribution >= 4 is 35.8 Å². The smallest absolute Gasteiger partial charge is 0.335 e. The van der Waals surface area contributed by atoms with E-state index in [2.05, 4.69) is 27.7 Å². The fourth-order valence-corrected chi connectivity index (χ4v) is 6.93. The fourth-order valence-electron chi connectivity index (χ4n) is 6.93. The third-order valence-electron chi connectivity index (χ3n) is 11.1. The summed E-state index contributed by atoms with van der Waals surface area (Å²) in [7, 11) is 0. The SMILES string of the molecule is CC(C)Oc1c(C(C)C)cc(C(=O)O)cc1C(C)C.CC(C)c1cc(C(=O)O)cc(C(C)C)c1O.CC(C)c1cc(C(=O)O)ccc1O.O=C(O)c1ccc(O)cc1.O=C(O)c1ccc(Oc2ccc(C(=O)O)cc2)cc1. The van der Waals surface area contributed by atoms with Crippen LogP contribution in [0.15, 0.2) is 115 Å². The molecule has 0 unspecified atom stereocenters. The summed E-state index contributed by atoms with van der Waals surface area (Å²) in [5, 5.41) is 81.0. The first-order valence-electron chi connectivity index (χ1n) is 24.5. The van der Waals surface area contributed by atoms with Gasteiger partial charge in [0.1, 0.15) is 34.5 Å². The van der Waals surface area contributed by atoms with Gasteiger partial charge in [0.25, 0.3) is 0 Å². The second-order valence-corrected chi connectivity index (χ2v) is 19.2. The highest BCUT2D eigenvalue weighted by Gasteiger charge is 2.21. The molecule has 0 radical (unpaired) electrons. The van der Waals surface area contributed by atoms with Crippen molar-refractivity contribution in [3.05, 3.63) is 176 Å². The van der Waals surface area contributed by atoms with Gasteiger partial charge in [-0.25, -0.2) is 28.8 Å². The molecule has 0 amide bonds. The average molecular weight is 1060 g/mol. The minimum Gasteiger partial charge on any atom is -0.508 e. The van der Waals surface area contributed by atoms with Gasteiger partial charge in [-0.15, -0.1) is 0 Å². The van der Waals surface area contributed by atoms with Crippen molar-refractivity contribution in [1.82, 2.24) is 0 Å². The molecule has 6 rings (SSSR count). The van der Waals surface area contributed by atoms with Gasteiger partial charge < -0.3 is 55.4 Å². The lowest BCUT2D eigenvalue weighted by Crippen LogP contribution is -2.12. The van der Waals surface area contributed by atoms with E-state index >= 15 is 0 Å². The number of phenolic OH excluding ortho intramolecular Hbond substituents is 3. The number of benzene rings is 6. The predicted molar refractivity (Wildman–Crippen MR) is 292 cm³/mol. The number of aromatic hydroxyl groups is 3. The summed E-state index contributed by atoms with van der Waals surface area (Å²) in [5.74, 6) is -2.74. The zero-order valence-electron chi connectivity index (χ0n) is 45.2. The Morgan fingerprint density at radius 3 is 0.896 bits per heavy atom. The van der Waals surface area contributed by atoms with Crippen LogP contribution in [0, 0.1) is 0 Å². The van der Waals surface area contributed by atoms with Crippen molar-refractivity contribution in [1.29, 1.82) is 0 Å². The van der Waals surface area contributed by atoms with Gasteiger partial charge in [0, 0.05) is 0 Å². The molecule has 412 valence electrons. The monoisotopic (exact) mass is 1060 g/mol. The molecule has 77 heavy (non-hydrogen) atoms. The van der Waals surface area contributed by atoms with Crippen LogP contribution >= 0.6 is 0 Å². The lowest BCUT2D eigenvalue weighted by molar-refractivity contribution is 0.0685. The Hall–Kier alpha value is -8.86. The van der Waals surface area contributed by atoms with E-state index in [-0.39, 0.29) is 80.8 Å². The van der Waals surface area contributed by atoms with Crippen LogP contribution in [0.2, 0.25) is 0 Å². The standard InChI is InChI=1S/C16H24O3.C14H10O5.C13H18O3.C10H12O3.C7H6O3/c1-9(2)13-7-12(16(17)18)8-14(10(3)4)15(13)19-11(5)6;15-13(16)9-1-5-11(6-2-9)19-12-7-3-10(4-8-12)14(17)18;1-7(2)10-5-9(13(15)16)6-11(8(3)4)12(10)14;1-6(2)8-5-7(10(12)13)3-4-9(8)11;8-6-3-1-5(2-4-6)7(9)10/h7-11H,1-6H3,(H,17,18);1-8H,(H,15,16)(H,17,18);5-8,14H,1-4H3,(H,15,16);3-6,11H,1-2H3,(H,12,13);1-4,8H,(H,9,10). The Labute approximate surface area is 448 Å². The summed E-state index contributed by atoms with van der Waals surface area (Å²) < 4.78 is 11.4. The van der Waals surface area contributed by atoms with E-state index in [0.29, 0.717) is 33.8 Å². The average Bonchev–Trinajstić information content (AvgIpc) is 3.34. The number of carboxylic acids is 6. The van der Waals surface area contributed by atoms with E-state index in [1.807, 2.05) is 55.4 Å². The Bertz CT molecular complexity index is 2840. The van der Waals surface area contributed by atoms with Crippen LogP contribution in [0.3, 0.4) is 0 Å². The summed E-state index contributed by atoms with van der Waals surface area (Å²) in [6.07, 6.45) is 0.0747. The zero-order valence-corrected chi connectivity index (χ0v) is 45.2. The molecule has 0 atom stereocenters. The highest BCUT2D eigenvalue weighted by atomic mass is 16.5. The number of aromatic carboxylic acids is 6. The van der Waals surface area contributed by atoms with Crippen molar-refractivity contribution < 1.29 is 84.2 Å². The van der Waals surface area contributed by atoms with Gasteiger partial charge in [0.15, 0.2) is 0 Å². The van der Waals surface area contributed by atoms with Gasteiger partial charge in [-0.3, -0.25) is 0 Å². The van der Waals surface area contributed by atoms with Gasteiger partial charge in [0.05, 0.1) is 39.5 Å². The molecule has 6 aromatic rings. The normalized spacial score (nSPS) is 10.5. The summed E-state index contributed by atoms with van der Waals surface area (Å²) in [6.45, 7) is 23.7. The molecule has 0 fully saturated rings. The van der Waals surface area contributed by atoms with Crippen LogP contribution in [0.25, 0.3) is 0 Å². The highest BCUT2D eigenvalue weighted by Crippen LogP contribution is 2.37. The molecular weight excluding hydrogens is 993 g/mol. The molecule has 0 saturated heterocycles. The molecule has 6 aromatic carbocycles. The number of phenols is 3. The molecule has 0 aliphatic rings. The molecule has 0 aromatic heterocycles. The Morgan fingerprint density at radius 1 is 0.338 bits per heavy atom. The summed E-state index contributed by atoms with van der Waals surface area (Å²) >= 11 is 0. The van der Waals surface area contributed by atoms with E-state index in [4.69, 9.17) is 40.1 Å². The van der Waals surface area contributed by atoms with E-state index in [1.54, 1.807) is 24.3 Å². The first-order valence-corrected chi connectivity index (χ1v) is 24.5. The second-order valence-electron chi connectivity index (χ2n) is 19.2. The largest absolute Gasteiger partial charge is 0.508 e. The van der Waals surface area contributed by atoms with E-state index < -0.39 is 35.8 Å². The van der Waals surface area contributed by atoms with Gasteiger partial charge in [-0.2, -0.15) is 0 Å². The lowest BCUT2D eigenvalue weighted by atomic mass is 9.91. The van der Waals surface area contributed by atoms with Gasteiger partial charge >= 0.3 is 35.8 Å². The maximum Gasteiger partial charge on any atom is 0.335 e. The van der Waals surface area contributed by atoms with Gasteiger partial charge in [-0.1, -0.05) is 69.2 Å². The summed E-state index contributed by atoms with van der Waals surface area (Å²) in [6, 6.07) is 28.1. The van der Waals surface area contributed by atoms with Crippen LogP contribution in [0.1, 0.15) is 203 Å². The van der Waals surface area contributed by atoms with Crippen molar-refractivity contribution in [2.45, 2.75) is 119 Å². The van der Waals surface area contributed by atoms with Crippen LogP contribution in [0.4, 0.5) is 0 Å². The number of hydrogen-bond acceptors (Lipinski definition) is 11. The van der Waals surface area contributed by atoms with E-state index in [9.17, 15) is 44.1 Å². The third-order valence-corrected chi connectivity index (χ3v) is 11.1. The first-order chi connectivity index (χ1) is 35.9. The van der Waals surface area contributed by atoms with Crippen molar-refractivity contribution in [3.8, 4) is 34.5 Å². The number of ether oxygens (including phenoxy) is 2. The first kappa shape index (κ1) is 64.3. The molecule has 0 aliphatic carbocycles.